The zero-order valence-electron chi connectivity index (χ0n) is 10.6. The summed E-state index contributed by atoms with van der Waals surface area (Å²) >= 11 is 0. The maximum absolute atomic E-state index is 5.53. The number of aromatic nitrogens is 2. The van der Waals surface area contributed by atoms with E-state index < -0.39 is 0 Å². The van der Waals surface area contributed by atoms with Crippen molar-refractivity contribution in [1.29, 1.82) is 0 Å². The van der Waals surface area contributed by atoms with E-state index in [9.17, 15) is 0 Å². The zero-order valence-corrected chi connectivity index (χ0v) is 10.6. The van der Waals surface area contributed by atoms with Gasteiger partial charge in [0.25, 0.3) is 0 Å². The quantitative estimate of drug-likeness (QED) is 0.839. The third-order valence-corrected chi connectivity index (χ3v) is 2.72. The van der Waals surface area contributed by atoms with Crippen molar-refractivity contribution in [3.8, 4) is 11.5 Å². The topological polar surface area (TPSA) is 73.2 Å². The molecule has 5 heteroatoms. The van der Waals surface area contributed by atoms with Crippen LogP contribution in [-0.2, 0) is 13.0 Å². The second kappa shape index (κ2) is 5.55. The molecule has 0 radical (unpaired) electrons. The molecular formula is C13H17N3O2. The minimum absolute atomic E-state index is 0.471. The van der Waals surface area contributed by atoms with Crippen molar-refractivity contribution in [1.82, 2.24) is 9.97 Å². The van der Waals surface area contributed by atoms with Crippen molar-refractivity contribution in [2.24, 2.45) is 5.73 Å². The number of benzene rings is 1. The van der Waals surface area contributed by atoms with Crippen molar-refractivity contribution in [3.05, 3.63) is 41.5 Å². The van der Waals surface area contributed by atoms with Crippen LogP contribution in [0.4, 0.5) is 0 Å². The van der Waals surface area contributed by atoms with E-state index in [1.54, 1.807) is 20.4 Å². The van der Waals surface area contributed by atoms with Crippen molar-refractivity contribution >= 4 is 0 Å². The Bertz CT molecular complexity index is 523. The molecule has 1 aromatic carbocycles. The number of rotatable bonds is 5. The highest BCUT2D eigenvalue weighted by Gasteiger charge is 2.06. The molecule has 0 bridgehead atoms. The highest BCUT2D eigenvalue weighted by atomic mass is 16.5. The van der Waals surface area contributed by atoms with Crippen LogP contribution >= 0.6 is 0 Å². The average molecular weight is 247 g/mol. The van der Waals surface area contributed by atoms with E-state index in [4.69, 9.17) is 15.2 Å². The van der Waals surface area contributed by atoms with Gasteiger partial charge in [0.05, 0.1) is 14.2 Å². The second-order valence-corrected chi connectivity index (χ2v) is 3.93. The maximum Gasteiger partial charge on any atom is 0.161 e. The van der Waals surface area contributed by atoms with Gasteiger partial charge in [-0.2, -0.15) is 0 Å². The van der Waals surface area contributed by atoms with E-state index in [0.29, 0.717) is 13.0 Å². The van der Waals surface area contributed by atoms with Crippen LogP contribution in [0.2, 0.25) is 0 Å². The minimum atomic E-state index is 0.471. The molecule has 0 saturated carbocycles. The van der Waals surface area contributed by atoms with E-state index in [2.05, 4.69) is 9.97 Å². The van der Waals surface area contributed by atoms with Crippen molar-refractivity contribution in [2.45, 2.75) is 13.0 Å². The summed E-state index contributed by atoms with van der Waals surface area (Å²) in [5.74, 6) is 2.34. The lowest BCUT2D eigenvalue weighted by Crippen LogP contribution is -1.97. The Morgan fingerprint density at radius 1 is 1.22 bits per heavy atom. The number of nitrogens with two attached hydrogens (primary N) is 1. The van der Waals surface area contributed by atoms with Gasteiger partial charge >= 0.3 is 0 Å². The van der Waals surface area contributed by atoms with Gasteiger partial charge in [-0.05, 0) is 17.7 Å². The number of nitrogens with one attached hydrogen (secondary N) is 1. The Balaban J connectivity index is 2.18. The maximum atomic E-state index is 5.53. The summed E-state index contributed by atoms with van der Waals surface area (Å²) in [6, 6.07) is 5.83. The first kappa shape index (κ1) is 12.4. The molecule has 96 valence electrons. The Morgan fingerprint density at radius 2 is 2.00 bits per heavy atom. The first-order valence-corrected chi connectivity index (χ1v) is 5.70. The lowest BCUT2D eigenvalue weighted by Gasteiger charge is -2.08. The number of H-pyrrole nitrogens is 1. The average Bonchev–Trinajstić information content (AvgIpc) is 2.86. The molecule has 0 fully saturated rings. The van der Waals surface area contributed by atoms with E-state index in [0.717, 1.165) is 28.6 Å². The van der Waals surface area contributed by atoms with E-state index in [-0.39, 0.29) is 0 Å². The summed E-state index contributed by atoms with van der Waals surface area (Å²) in [7, 11) is 3.25. The van der Waals surface area contributed by atoms with Crippen LogP contribution in [0.1, 0.15) is 17.1 Å². The predicted octanol–water partition coefficient (Wildman–Crippen LogP) is 1.48. The summed E-state index contributed by atoms with van der Waals surface area (Å²) in [4.78, 5) is 7.44. The first-order valence-electron chi connectivity index (χ1n) is 5.70. The van der Waals surface area contributed by atoms with E-state index in [1.165, 1.54) is 0 Å². The molecule has 0 unspecified atom stereocenters. The Kier molecular flexibility index (Phi) is 3.84. The molecule has 1 heterocycles. The van der Waals surface area contributed by atoms with Crippen molar-refractivity contribution in [2.75, 3.05) is 14.2 Å². The fourth-order valence-electron chi connectivity index (χ4n) is 1.78. The van der Waals surface area contributed by atoms with Crippen LogP contribution in [0.5, 0.6) is 11.5 Å². The number of imidazole rings is 1. The minimum Gasteiger partial charge on any atom is -0.493 e. The highest BCUT2D eigenvalue weighted by molar-refractivity contribution is 5.43. The SMILES string of the molecule is COc1ccc(Cc2ncc(CN)[nH]2)cc1OC. The summed E-state index contributed by atoms with van der Waals surface area (Å²) < 4.78 is 10.5. The molecule has 2 rings (SSSR count). The molecule has 0 amide bonds. The van der Waals surface area contributed by atoms with Gasteiger partial charge in [-0.25, -0.2) is 4.98 Å². The fourth-order valence-corrected chi connectivity index (χ4v) is 1.78. The van der Waals surface area contributed by atoms with Gasteiger partial charge < -0.3 is 20.2 Å². The van der Waals surface area contributed by atoms with Gasteiger partial charge in [0.2, 0.25) is 0 Å². The highest BCUT2D eigenvalue weighted by Crippen LogP contribution is 2.28. The molecule has 0 atom stereocenters. The monoisotopic (exact) mass is 247 g/mol. The molecule has 5 nitrogen and oxygen atoms in total. The Morgan fingerprint density at radius 3 is 2.61 bits per heavy atom. The van der Waals surface area contributed by atoms with Crippen LogP contribution in [0, 0.1) is 0 Å². The van der Waals surface area contributed by atoms with E-state index >= 15 is 0 Å². The molecule has 0 aliphatic heterocycles. The smallest absolute Gasteiger partial charge is 0.161 e. The van der Waals surface area contributed by atoms with Crippen LogP contribution in [-0.4, -0.2) is 24.2 Å². The fraction of sp³-hybridized carbons (Fsp3) is 0.308. The summed E-state index contributed by atoms with van der Waals surface area (Å²) in [6.07, 6.45) is 2.47. The number of nitrogens with zero attached hydrogens (tertiary/aromatic N) is 1. The third-order valence-electron chi connectivity index (χ3n) is 2.72. The van der Waals surface area contributed by atoms with Gasteiger partial charge in [0, 0.05) is 24.9 Å². The zero-order chi connectivity index (χ0) is 13.0. The molecule has 3 N–H and O–H groups in total. The van der Waals surface area contributed by atoms with Gasteiger partial charge in [-0.1, -0.05) is 6.07 Å². The number of methoxy groups -OCH3 is 2. The van der Waals surface area contributed by atoms with Crippen molar-refractivity contribution < 1.29 is 9.47 Å². The lowest BCUT2D eigenvalue weighted by molar-refractivity contribution is 0.354. The number of ether oxygens (including phenoxy) is 2. The first-order chi connectivity index (χ1) is 8.76. The van der Waals surface area contributed by atoms with Gasteiger partial charge in [0.1, 0.15) is 5.82 Å². The summed E-state index contributed by atoms with van der Waals surface area (Å²) in [5, 5.41) is 0. The molecule has 2 aromatic rings. The Hall–Kier alpha value is -2.01. The van der Waals surface area contributed by atoms with Crippen LogP contribution in [0.25, 0.3) is 0 Å². The standard InChI is InChI=1S/C13H17N3O2/c1-17-11-4-3-9(5-12(11)18-2)6-13-15-8-10(7-14)16-13/h3-5,8H,6-7,14H2,1-2H3,(H,15,16). The molecule has 0 saturated heterocycles. The molecular weight excluding hydrogens is 230 g/mol. The molecule has 0 aliphatic carbocycles. The van der Waals surface area contributed by atoms with E-state index in [1.807, 2.05) is 18.2 Å². The molecule has 1 aromatic heterocycles. The van der Waals surface area contributed by atoms with Crippen LogP contribution < -0.4 is 15.2 Å². The number of hydrogen-bond donors (Lipinski definition) is 2. The van der Waals surface area contributed by atoms with Gasteiger partial charge in [0.15, 0.2) is 11.5 Å². The third kappa shape index (κ3) is 2.62. The molecule has 18 heavy (non-hydrogen) atoms. The summed E-state index contributed by atoms with van der Waals surface area (Å²) in [6.45, 7) is 0.471. The normalized spacial score (nSPS) is 10.4. The predicted molar refractivity (Wildman–Crippen MR) is 68.8 cm³/mol. The van der Waals surface area contributed by atoms with Crippen molar-refractivity contribution in [3.63, 3.8) is 0 Å². The number of hydrogen-bond acceptors (Lipinski definition) is 4. The van der Waals surface area contributed by atoms with Crippen LogP contribution in [0.15, 0.2) is 24.4 Å². The second-order valence-electron chi connectivity index (χ2n) is 3.93. The summed E-state index contributed by atoms with van der Waals surface area (Å²) in [5.41, 5.74) is 7.57. The van der Waals surface area contributed by atoms with Gasteiger partial charge in [-0.3, -0.25) is 0 Å². The molecule has 0 spiro atoms. The number of aromatic amines is 1. The lowest BCUT2D eigenvalue weighted by atomic mass is 10.1. The molecule has 0 aliphatic rings. The van der Waals surface area contributed by atoms with Crippen LogP contribution in [0.3, 0.4) is 0 Å². The van der Waals surface area contributed by atoms with Gasteiger partial charge in [-0.15, -0.1) is 0 Å². The largest absolute Gasteiger partial charge is 0.493 e. The Labute approximate surface area is 106 Å².